The van der Waals surface area contributed by atoms with Crippen molar-refractivity contribution < 1.29 is 4.79 Å². The smallest absolute Gasteiger partial charge is 0.234 e. The van der Waals surface area contributed by atoms with Gasteiger partial charge in [-0.1, -0.05) is 0 Å². The Bertz CT molecular complexity index is 707. The molecule has 1 aromatic carbocycles. The topological polar surface area (TPSA) is 93.6 Å². The third-order valence-corrected chi connectivity index (χ3v) is 3.28. The molecule has 1 aliphatic heterocycles. The molecule has 0 spiro atoms. The summed E-state index contributed by atoms with van der Waals surface area (Å²) in [5.41, 5.74) is 2.69. The van der Waals surface area contributed by atoms with E-state index in [9.17, 15) is 4.79 Å². The van der Waals surface area contributed by atoms with E-state index in [2.05, 4.69) is 20.6 Å². The summed E-state index contributed by atoms with van der Waals surface area (Å²) >= 11 is 0. The van der Waals surface area contributed by atoms with Crippen molar-refractivity contribution in [1.29, 1.82) is 5.26 Å². The van der Waals surface area contributed by atoms with Crippen LogP contribution < -0.4 is 10.6 Å². The second kappa shape index (κ2) is 3.23. The van der Waals surface area contributed by atoms with Crippen LogP contribution in [0.3, 0.4) is 0 Å². The van der Waals surface area contributed by atoms with Gasteiger partial charge in [0.05, 0.1) is 16.4 Å². The van der Waals surface area contributed by atoms with Gasteiger partial charge in [0.15, 0.2) is 6.19 Å². The lowest BCUT2D eigenvalue weighted by Crippen LogP contribution is -2.26. The molecule has 6 heteroatoms. The standard InChI is InChI=1S/C12H11N5O/c1-12(2)6-3-8-9(4-7(6)15-10(12)18)17-11(16-8)14-5-13/h3-4H,1-2H3,(H,15,18)(H2,14,16,17). The molecule has 1 aliphatic rings. The van der Waals surface area contributed by atoms with Crippen LogP contribution in [0.15, 0.2) is 12.1 Å². The van der Waals surface area contributed by atoms with E-state index in [0.717, 1.165) is 22.3 Å². The van der Waals surface area contributed by atoms with Crippen molar-refractivity contribution in [3.8, 4) is 6.19 Å². The number of fused-ring (bicyclic) bond motifs is 2. The highest BCUT2D eigenvalue weighted by Gasteiger charge is 2.38. The van der Waals surface area contributed by atoms with Gasteiger partial charge in [-0.25, -0.2) is 4.98 Å². The molecule has 6 nitrogen and oxygen atoms in total. The fourth-order valence-corrected chi connectivity index (χ4v) is 2.19. The highest BCUT2D eigenvalue weighted by molar-refractivity contribution is 6.07. The number of anilines is 2. The van der Waals surface area contributed by atoms with Crippen LogP contribution >= 0.6 is 0 Å². The number of benzene rings is 1. The van der Waals surface area contributed by atoms with Crippen LogP contribution in [0, 0.1) is 11.5 Å². The third-order valence-electron chi connectivity index (χ3n) is 3.28. The summed E-state index contributed by atoms with van der Waals surface area (Å²) in [6.45, 7) is 3.75. The summed E-state index contributed by atoms with van der Waals surface area (Å²) in [6, 6.07) is 3.72. The van der Waals surface area contributed by atoms with Gasteiger partial charge in [0.2, 0.25) is 11.9 Å². The van der Waals surface area contributed by atoms with Crippen molar-refractivity contribution in [2.75, 3.05) is 10.6 Å². The predicted octanol–water partition coefficient (Wildman–Crippen LogP) is 1.69. The molecule has 1 aromatic heterocycles. The van der Waals surface area contributed by atoms with E-state index >= 15 is 0 Å². The Balaban J connectivity index is 2.20. The van der Waals surface area contributed by atoms with Gasteiger partial charge in [-0.3, -0.25) is 10.1 Å². The minimum Gasteiger partial charge on any atom is -0.325 e. The first-order chi connectivity index (χ1) is 8.52. The Labute approximate surface area is 103 Å². The molecule has 3 N–H and O–H groups in total. The lowest BCUT2D eigenvalue weighted by molar-refractivity contribution is -0.119. The number of nitriles is 1. The molecule has 0 aliphatic carbocycles. The van der Waals surface area contributed by atoms with E-state index in [0.29, 0.717) is 5.95 Å². The number of nitrogens with one attached hydrogen (secondary N) is 3. The predicted molar refractivity (Wildman–Crippen MR) is 67.0 cm³/mol. The molecule has 0 atom stereocenters. The van der Waals surface area contributed by atoms with Gasteiger partial charge in [0.1, 0.15) is 0 Å². The first-order valence-corrected chi connectivity index (χ1v) is 5.53. The molecular weight excluding hydrogens is 230 g/mol. The average molecular weight is 241 g/mol. The van der Waals surface area contributed by atoms with Crippen molar-refractivity contribution in [1.82, 2.24) is 9.97 Å². The highest BCUT2D eigenvalue weighted by atomic mass is 16.2. The van der Waals surface area contributed by atoms with Gasteiger partial charge >= 0.3 is 0 Å². The number of hydrogen-bond donors (Lipinski definition) is 3. The van der Waals surface area contributed by atoms with Crippen molar-refractivity contribution in [3.05, 3.63) is 17.7 Å². The minimum absolute atomic E-state index is 0.0134. The number of carbonyl (C=O) groups is 1. The molecule has 0 saturated carbocycles. The van der Waals surface area contributed by atoms with E-state index in [1.165, 1.54) is 0 Å². The number of hydrogen-bond acceptors (Lipinski definition) is 4. The maximum atomic E-state index is 11.8. The van der Waals surface area contributed by atoms with Crippen molar-refractivity contribution >= 4 is 28.6 Å². The molecular formula is C12H11N5O. The first-order valence-electron chi connectivity index (χ1n) is 5.53. The van der Waals surface area contributed by atoms with Crippen molar-refractivity contribution in [3.63, 3.8) is 0 Å². The van der Waals surface area contributed by atoms with Crippen LogP contribution in [0.25, 0.3) is 11.0 Å². The Morgan fingerprint density at radius 3 is 2.94 bits per heavy atom. The van der Waals surface area contributed by atoms with Crippen LogP contribution in [0.5, 0.6) is 0 Å². The van der Waals surface area contributed by atoms with Gasteiger partial charge in [-0.2, -0.15) is 5.26 Å². The fourth-order valence-electron chi connectivity index (χ4n) is 2.19. The largest absolute Gasteiger partial charge is 0.325 e. The lowest BCUT2D eigenvalue weighted by Gasteiger charge is -2.14. The van der Waals surface area contributed by atoms with Crippen molar-refractivity contribution in [2.24, 2.45) is 0 Å². The van der Waals surface area contributed by atoms with Gasteiger partial charge in [0.25, 0.3) is 0 Å². The maximum Gasteiger partial charge on any atom is 0.234 e. The number of aromatic nitrogens is 2. The van der Waals surface area contributed by atoms with Gasteiger partial charge in [-0.05, 0) is 31.5 Å². The zero-order valence-corrected chi connectivity index (χ0v) is 9.96. The Hall–Kier alpha value is -2.55. The number of imidazole rings is 1. The number of carbonyl (C=O) groups excluding carboxylic acids is 1. The van der Waals surface area contributed by atoms with Gasteiger partial charge < -0.3 is 10.3 Å². The molecule has 0 unspecified atom stereocenters. The SMILES string of the molecule is CC1(C)C(=O)Nc2cc3[nH]c(NC#N)nc3cc21. The van der Waals surface area contributed by atoms with Crippen LogP contribution in [0.1, 0.15) is 19.4 Å². The number of aromatic amines is 1. The number of rotatable bonds is 1. The molecule has 18 heavy (non-hydrogen) atoms. The molecule has 0 fully saturated rings. The molecule has 2 aromatic rings. The van der Waals surface area contributed by atoms with E-state index < -0.39 is 5.41 Å². The zero-order valence-electron chi connectivity index (χ0n) is 9.96. The molecule has 0 radical (unpaired) electrons. The highest BCUT2D eigenvalue weighted by Crippen LogP contribution is 2.39. The molecule has 1 amide bonds. The summed E-state index contributed by atoms with van der Waals surface area (Å²) in [5.74, 6) is 0.390. The van der Waals surface area contributed by atoms with Crippen molar-refractivity contribution in [2.45, 2.75) is 19.3 Å². The molecule has 3 rings (SSSR count). The lowest BCUT2D eigenvalue weighted by atomic mass is 9.86. The van der Waals surface area contributed by atoms with E-state index in [-0.39, 0.29) is 5.91 Å². The molecule has 2 heterocycles. The first kappa shape index (κ1) is 10.6. The monoisotopic (exact) mass is 241 g/mol. The molecule has 90 valence electrons. The minimum atomic E-state index is -0.550. The number of amides is 1. The maximum absolute atomic E-state index is 11.8. The second-order valence-electron chi connectivity index (χ2n) is 4.82. The summed E-state index contributed by atoms with van der Waals surface area (Å²) in [4.78, 5) is 19.0. The van der Waals surface area contributed by atoms with Gasteiger partial charge in [0, 0.05) is 5.69 Å². The van der Waals surface area contributed by atoms with E-state index in [1.54, 1.807) is 0 Å². The fraction of sp³-hybridized carbons (Fsp3) is 0.250. The quantitative estimate of drug-likeness (QED) is 0.523. The number of H-pyrrole nitrogens is 1. The normalized spacial score (nSPS) is 16.2. The summed E-state index contributed by atoms with van der Waals surface area (Å²) in [7, 11) is 0. The average Bonchev–Trinajstić information content (AvgIpc) is 2.77. The van der Waals surface area contributed by atoms with Crippen LogP contribution in [-0.4, -0.2) is 15.9 Å². The second-order valence-corrected chi connectivity index (χ2v) is 4.82. The molecule has 0 saturated heterocycles. The zero-order chi connectivity index (χ0) is 12.9. The van der Waals surface area contributed by atoms with E-state index in [1.807, 2.05) is 32.2 Å². The van der Waals surface area contributed by atoms with Crippen LogP contribution in [0.2, 0.25) is 0 Å². The Morgan fingerprint density at radius 2 is 2.22 bits per heavy atom. The van der Waals surface area contributed by atoms with Gasteiger partial charge in [-0.15, -0.1) is 0 Å². The summed E-state index contributed by atoms with van der Waals surface area (Å²) < 4.78 is 0. The summed E-state index contributed by atoms with van der Waals surface area (Å²) in [6.07, 6.45) is 1.81. The van der Waals surface area contributed by atoms with E-state index in [4.69, 9.17) is 5.26 Å². The number of nitrogens with zero attached hydrogens (tertiary/aromatic N) is 2. The van der Waals surface area contributed by atoms with Crippen LogP contribution in [-0.2, 0) is 10.2 Å². The summed E-state index contributed by atoms with van der Waals surface area (Å²) in [5, 5.41) is 13.9. The Kier molecular flexibility index (Phi) is 1.90. The Morgan fingerprint density at radius 1 is 1.44 bits per heavy atom. The third kappa shape index (κ3) is 1.27. The van der Waals surface area contributed by atoms with Crippen LogP contribution in [0.4, 0.5) is 11.6 Å². The molecule has 0 bridgehead atoms.